The van der Waals surface area contributed by atoms with Crippen LogP contribution < -0.4 is 5.73 Å². The van der Waals surface area contributed by atoms with Crippen LogP contribution in [0.15, 0.2) is 15.2 Å². The molecule has 0 aromatic heterocycles. The van der Waals surface area contributed by atoms with Gasteiger partial charge >= 0.3 is 5.97 Å². The molecule has 5 N–H and O–H groups in total. The summed E-state index contributed by atoms with van der Waals surface area (Å²) in [5, 5.41) is 31.4. The first kappa shape index (κ1) is 21.6. The molecule has 0 atom stereocenters. The monoisotopic (exact) mass is 342 g/mol. The Morgan fingerprint density at radius 2 is 1.83 bits per heavy atom. The van der Waals surface area contributed by atoms with Gasteiger partial charge in [-0.25, -0.2) is 0 Å². The highest BCUT2D eigenvalue weighted by Gasteiger charge is 2.30. The number of nitrogens with one attached hydrogen (secondary N) is 2. The molecular weight excluding hydrogens is 316 g/mol. The Kier molecular flexibility index (Phi) is 8.75. The number of aliphatic imine (C=N–C) groups is 1. The van der Waals surface area contributed by atoms with Crippen molar-refractivity contribution < 1.29 is 19.7 Å². The van der Waals surface area contributed by atoms with Gasteiger partial charge in [0, 0.05) is 6.42 Å². The Morgan fingerprint density at radius 3 is 2.38 bits per heavy atom. The number of rotatable bonds is 11. The maximum absolute atomic E-state index is 10.5. The number of aliphatic carboxylic acids is 1. The highest BCUT2D eigenvalue weighted by molar-refractivity contribution is 5.89. The lowest BCUT2D eigenvalue weighted by Gasteiger charge is -2.22. The lowest BCUT2D eigenvalue weighted by atomic mass is 10.1. The van der Waals surface area contributed by atoms with Crippen LogP contribution in [-0.2, 0) is 14.6 Å². The van der Waals surface area contributed by atoms with Crippen molar-refractivity contribution in [3.8, 4) is 0 Å². The zero-order valence-electron chi connectivity index (χ0n) is 14.5. The highest BCUT2D eigenvalue weighted by Crippen LogP contribution is 2.18. The lowest BCUT2D eigenvalue weighted by molar-refractivity contribution is -0.224. The molecule has 0 unspecified atom stereocenters. The fourth-order valence-corrected chi connectivity index (χ4v) is 1.12. The molecule has 0 aliphatic rings. The SMILES string of the molecule is CC(C)(N=NC(C)(C)C(N)=NCCC(=O)O)C(=N)OOCCC=N. The molecule has 0 aliphatic heterocycles. The molecule has 0 radical (unpaired) electrons. The molecule has 10 nitrogen and oxygen atoms in total. The van der Waals surface area contributed by atoms with E-state index in [1.807, 2.05) is 0 Å². The van der Waals surface area contributed by atoms with Gasteiger partial charge in [0.05, 0.1) is 19.6 Å². The van der Waals surface area contributed by atoms with Crippen LogP contribution in [0.3, 0.4) is 0 Å². The molecule has 24 heavy (non-hydrogen) atoms. The molecule has 0 aliphatic carbocycles. The second kappa shape index (κ2) is 9.71. The van der Waals surface area contributed by atoms with E-state index in [2.05, 4.69) is 15.2 Å². The summed E-state index contributed by atoms with van der Waals surface area (Å²) in [5.41, 5.74) is 3.80. The number of nitrogens with two attached hydrogens (primary N) is 1. The van der Waals surface area contributed by atoms with E-state index in [1.54, 1.807) is 27.7 Å². The largest absolute Gasteiger partial charge is 0.481 e. The Balaban J connectivity index is 4.76. The third kappa shape index (κ3) is 8.32. The van der Waals surface area contributed by atoms with E-state index in [-0.39, 0.29) is 31.3 Å². The predicted octanol–water partition coefficient (Wildman–Crippen LogP) is 1.79. The number of carboxylic acids is 1. The normalized spacial score (nSPS) is 13.1. The molecule has 0 spiro atoms. The van der Waals surface area contributed by atoms with Crippen molar-refractivity contribution in [2.24, 2.45) is 21.0 Å². The number of nitrogens with zero attached hydrogens (tertiary/aromatic N) is 3. The first-order valence-electron chi connectivity index (χ1n) is 7.36. The summed E-state index contributed by atoms with van der Waals surface area (Å²) in [6.45, 7) is 6.81. The Bertz CT molecular complexity index is 513. The van der Waals surface area contributed by atoms with Crippen molar-refractivity contribution in [2.45, 2.75) is 51.6 Å². The average Bonchev–Trinajstić information content (AvgIpc) is 2.49. The van der Waals surface area contributed by atoms with Crippen LogP contribution in [0.1, 0.15) is 40.5 Å². The van der Waals surface area contributed by atoms with Crippen LogP contribution in [0.4, 0.5) is 0 Å². The van der Waals surface area contributed by atoms with Crippen molar-refractivity contribution in [2.75, 3.05) is 13.2 Å². The van der Waals surface area contributed by atoms with Crippen molar-refractivity contribution in [3.63, 3.8) is 0 Å². The zero-order chi connectivity index (χ0) is 18.8. The maximum Gasteiger partial charge on any atom is 0.305 e. The van der Waals surface area contributed by atoms with Gasteiger partial charge in [-0.15, -0.1) is 0 Å². The lowest BCUT2D eigenvalue weighted by Crippen LogP contribution is -2.38. The number of azo groups is 1. The average molecular weight is 342 g/mol. The number of hydrogen-bond donors (Lipinski definition) is 4. The van der Waals surface area contributed by atoms with Crippen LogP contribution >= 0.6 is 0 Å². The summed E-state index contributed by atoms with van der Waals surface area (Å²) < 4.78 is 0. The molecule has 0 saturated carbocycles. The maximum atomic E-state index is 10.5. The number of carboxylic acid groups (broad SMARTS) is 1. The summed E-state index contributed by atoms with van der Waals surface area (Å²) in [4.78, 5) is 24.1. The molecule has 0 saturated heterocycles. The summed E-state index contributed by atoms with van der Waals surface area (Å²) >= 11 is 0. The van der Waals surface area contributed by atoms with Gasteiger partial charge in [-0.3, -0.25) is 15.2 Å². The highest BCUT2D eigenvalue weighted by atomic mass is 17.2. The van der Waals surface area contributed by atoms with Crippen LogP contribution in [0.25, 0.3) is 0 Å². The molecule has 0 bridgehead atoms. The van der Waals surface area contributed by atoms with E-state index in [4.69, 9.17) is 31.4 Å². The van der Waals surface area contributed by atoms with Crippen molar-refractivity contribution in [3.05, 3.63) is 0 Å². The molecule has 10 heteroatoms. The van der Waals surface area contributed by atoms with E-state index >= 15 is 0 Å². The molecular formula is C14H26N6O4. The second-order valence-electron chi connectivity index (χ2n) is 5.96. The first-order valence-corrected chi connectivity index (χ1v) is 7.36. The number of amidine groups is 1. The third-order valence-electron chi connectivity index (χ3n) is 2.83. The fourth-order valence-electron chi connectivity index (χ4n) is 1.12. The summed E-state index contributed by atoms with van der Waals surface area (Å²) in [6, 6.07) is 0. The zero-order valence-corrected chi connectivity index (χ0v) is 14.5. The molecule has 0 aromatic carbocycles. The minimum atomic E-state index is -1.08. The molecule has 0 fully saturated rings. The number of hydrogen-bond acceptors (Lipinski definition) is 8. The summed E-state index contributed by atoms with van der Waals surface area (Å²) in [6.07, 6.45) is 1.43. The Labute approximate surface area is 141 Å². The molecule has 0 rings (SSSR count). The molecule has 0 heterocycles. The van der Waals surface area contributed by atoms with Crippen molar-refractivity contribution in [1.82, 2.24) is 0 Å². The molecule has 0 amide bonds. The van der Waals surface area contributed by atoms with Crippen LogP contribution in [0.5, 0.6) is 0 Å². The van der Waals surface area contributed by atoms with Gasteiger partial charge in [-0.05, 0) is 33.9 Å². The number of carbonyl (C=O) groups is 1. The van der Waals surface area contributed by atoms with Gasteiger partial charge in [0.1, 0.15) is 11.4 Å². The van der Waals surface area contributed by atoms with Crippen molar-refractivity contribution >= 4 is 23.9 Å². The fraction of sp³-hybridized carbons (Fsp3) is 0.714. The van der Waals surface area contributed by atoms with E-state index in [9.17, 15) is 4.79 Å². The van der Waals surface area contributed by atoms with Gasteiger partial charge < -0.3 is 21.1 Å². The molecule has 0 aromatic rings. The quantitative estimate of drug-likeness (QED) is 0.112. The molecule has 136 valence electrons. The van der Waals surface area contributed by atoms with Crippen LogP contribution in [-0.4, -0.2) is 53.3 Å². The van der Waals surface area contributed by atoms with E-state index in [0.29, 0.717) is 6.42 Å². The Morgan fingerprint density at radius 1 is 1.25 bits per heavy atom. The van der Waals surface area contributed by atoms with Gasteiger partial charge in [0.2, 0.25) is 0 Å². The van der Waals surface area contributed by atoms with Gasteiger partial charge in [0.15, 0.2) is 5.54 Å². The van der Waals surface area contributed by atoms with Gasteiger partial charge in [-0.2, -0.15) is 15.1 Å². The van der Waals surface area contributed by atoms with E-state index in [0.717, 1.165) is 0 Å². The first-order chi connectivity index (χ1) is 11.0. The van der Waals surface area contributed by atoms with Crippen LogP contribution in [0.2, 0.25) is 0 Å². The van der Waals surface area contributed by atoms with Crippen LogP contribution in [0, 0.1) is 10.8 Å². The minimum absolute atomic E-state index is 0.0588. The van der Waals surface area contributed by atoms with Gasteiger partial charge in [0.25, 0.3) is 5.90 Å². The standard InChI is InChI=1S/C14H26N6O4/c1-13(2,11(16)18-8-6-10(21)22)19-20-14(3,4)12(17)24-23-9-5-7-15/h7,15,17H,5-6,8-9H2,1-4H3,(H2,16,18)(H,21,22). The van der Waals surface area contributed by atoms with Gasteiger partial charge in [-0.1, -0.05) is 0 Å². The minimum Gasteiger partial charge on any atom is -0.481 e. The van der Waals surface area contributed by atoms with E-state index < -0.39 is 17.0 Å². The van der Waals surface area contributed by atoms with Crippen molar-refractivity contribution in [1.29, 1.82) is 10.8 Å². The second-order valence-corrected chi connectivity index (χ2v) is 5.96. The van der Waals surface area contributed by atoms with E-state index in [1.165, 1.54) is 6.21 Å². The third-order valence-corrected chi connectivity index (χ3v) is 2.83. The Hall–Kier alpha value is -2.36. The summed E-state index contributed by atoms with van der Waals surface area (Å²) in [5.74, 6) is -1.05. The smallest absolute Gasteiger partial charge is 0.305 e. The topological polar surface area (TPSA) is 167 Å². The summed E-state index contributed by atoms with van der Waals surface area (Å²) in [7, 11) is 0. The predicted molar refractivity (Wildman–Crippen MR) is 89.9 cm³/mol.